The molecule has 2 rings (SSSR count). The van der Waals surface area contributed by atoms with Crippen LogP contribution in [-0.2, 0) is 0 Å². The second kappa shape index (κ2) is 9.30. The minimum Gasteiger partial charge on any atom is -0.372 e. The molecule has 4 nitrogen and oxygen atoms in total. The molecule has 0 aromatic heterocycles. The van der Waals surface area contributed by atoms with Gasteiger partial charge in [-0.3, -0.25) is 4.79 Å². The second-order valence-electron chi connectivity index (χ2n) is 5.21. The topological polar surface area (TPSA) is 44.7 Å². The van der Waals surface area contributed by atoms with Crippen LogP contribution in [-0.4, -0.2) is 25.2 Å². The minimum atomic E-state index is -0.217. The zero-order valence-corrected chi connectivity index (χ0v) is 14.1. The number of carbonyl (C=O) groups is 1. The number of amides is 1. The van der Waals surface area contributed by atoms with Crippen molar-refractivity contribution in [1.29, 1.82) is 0 Å². The molecular formula is C20H23N3O. The Balaban J connectivity index is 1.88. The molecule has 0 unspecified atom stereocenters. The Labute approximate surface area is 143 Å². The Morgan fingerprint density at radius 2 is 1.71 bits per heavy atom. The third-order valence-electron chi connectivity index (χ3n) is 3.67. The summed E-state index contributed by atoms with van der Waals surface area (Å²) in [5.41, 5.74) is 5.32. The van der Waals surface area contributed by atoms with Gasteiger partial charge in [0.1, 0.15) is 0 Å². The second-order valence-corrected chi connectivity index (χ2v) is 5.21. The third kappa shape index (κ3) is 5.09. The van der Waals surface area contributed by atoms with Crippen molar-refractivity contribution in [3.05, 3.63) is 71.8 Å². The highest BCUT2D eigenvalue weighted by molar-refractivity contribution is 5.95. The predicted molar refractivity (Wildman–Crippen MR) is 101 cm³/mol. The summed E-state index contributed by atoms with van der Waals surface area (Å²) in [5, 5.41) is 3.93. The molecule has 124 valence electrons. The summed E-state index contributed by atoms with van der Waals surface area (Å²) < 4.78 is 0. The van der Waals surface area contributed by atoms with Crippen molar-refractivity contribution < 1.29 is 4.79 Å². The summed E-state index contributed by atoms with van der Waals surface area (Å²) in [7, 11) is 0. The summed E-state index contributed by atoms with van der Waals surface area (Å²) >= 11 is 0. The van der Waals surface area contributed by atoms with E-state index in [0.29, 0.717) is 5.56 Å². The molecule has 0 atom stereocenters. The first-order chi connectivity index (χ1) is 11.7. The molecule has 2 aromatic carbocycles. The number of benzene rings is 2. The van der Waals surface area contributed by atoms with Crippen LogP contribution in [0.5, 0.6) is 0 Å². The van der Waals surface area contributed by atoms with Crippen LogP contribution < -0.4 is 10.3 Å². The maximum absolute atomic E-state index is 12.0. The van der Waals surface area contributed by atoms with Crippen molar-refractivity contribution in [2.45, 2.75) is 13.8 Å². The van der Waals surface area contributed by atoms with Gasteiger partial charge >= 0.3 is 0 Å². The highest BCUT2D eigenvalue weighted by atomic mass is 16.2. The number of anilines is 1. The molecule has 0 fully saturated rings. The third-order valence-corrected chi connectivity index (χ3v) is 3.67. The summed E-state index contributed by atoms with van der Waals surface area (Å²) in [5.74, 6) is -0.217. The minimum absolute atomic E-state index is 0.217. The number of nitrogens with one attached hydrogen (secondary N) is 1. The van der Waals surface area contributed by atoms with E-state index in [2.05, 4.69) is 29.3 Å². The van der Waals surface area contributed by atoms with E-state index in [1.165, 1.54) is 0 Å². The van der Waals surface area contributed by atoms with Crippen LogP contribution in [0.1, 0.15) is 29.8 Å². The van der Waals surface area contributed by atoms with Crippen molar-refractivity contribution in [3.63, 3.8) is 0 Å². The van der Waals surface area contributed by atoms with Gasteiger partial charge in [0.05, 0.1) is 0 Å². The lowest BCUT2D eigenvalue weighted by molar-refractivity contribution is 0.0955. The quantitative estimate of drug-likeness (QED) is 0.619. The van der Waals surface area contributed by atoms with E-state index in [9.17, 15) is 4.79 Å². The van der Waals surface area contributed by atoms with Crippen LogP contribution in [0.3, 0.4) is 0 Å². The van der Waals surface area contributed by atoms with E-state index >= 15 is 0 Å². The van der Waals surface area contributed by atoms with E-state index in [4.69, 9.17) is 0 Å². The molecular weight excluding hydrogens is 298 g/mol. The van der Waals surface area contributed by atoms with Crippen LogP contribution >= 0.6 is 0 Å². The number of carbonyl (C=O) groups excluding carboxylic acids is 1. The van der Waals surface area contributed by atoms with Gasteiger partial charge in [-0.15, -0.1) is 0 Å². The van der Waals surface area contributed by atoms with Crippen molar-refractivity contribution >= 4 is 23.9 Å². The fourth-order valence-corrected chi connectivity index (χ4v) is 2.33. The van der Waals surface area contributed by atoms with Gasteiger partial charge in [0.2, 0.25) is 0 Å². The Kier molecular flexibility index (Phi) is 6.77. The van der Waals surface area contributed by atoms with E-state index in [1.54, 1.807) is 12.3 Å². The number of nitrogens with zero attached hydrogens (tertiary/aromatic N) is 2. The van der Waals surface area contributed by atoms with Crippen molar-refractivity contribution in [2.75, 3.05) is 18.0 Å². The molecule has 0 heterocycles. The Morgan fingerprint density at radius 1 is 1.04 bits per heavy atom. The smallest absolute Gasteiger partial charge is 0.271 e. The van der Waals surface area contributed by atoms with Crippen LogP contribution in [0.15, 0.2) is 65.8 Å². The average Bonchev–Trinajstić information content (AvgIpc) is 2.64. The van der Waals surface area contributed by atoms with E-state index < -0.39 is 0 Å². The van der Waals surface area contributed by atoms with Gasteiger partial charge in [-0.2, -0.15) is 5.10 Å². The maximum atomic E-state index is 12.0. The van der Waals surface area contributed by atoms with Crippen LogP contribution in [0.4, 0.5) is 5.69 Å². The number of rotatable bonds is 7. The average molecular weight is 321 g/mol. The van der Waals surface area contributed by atoms with Gasteiger partial charge in [0.25, 0.3) is 5.91 Å². The first-order valence-corrected chi connectivity index (χ1v) is 8.14. The molecule has 2 aromatic rings. The molecule has 1 N–H and O–H groups in total. The standard InChI is InChI=1S/C20H23N3O/c1-3-23(4-2)19-14-12-18(13-15-19)20(24)22-21-16-8-11-17-9-6-5-7-10-17/h5-16H,3-4H2,1-2H3,(H,22,24)/b11-8+,21-16-. The highest BCUT2D eigenvalue weighted by Gasteiger charge is 2.06. The van der Waals surface area contributed by atoms with Crippen LogP contribution in [0.25, 0.3) is 6.08 Å². The van der Waals surface area contributed by atoms with Crippen LogP contribution in [0, 0.1) is 0 Å². The molecule has 0 saturated heterocycles. The van der Waals surface area contributed by atoms with Gasteiger partial charge < -0.3 is 4.90 Å². The molecule has 0 bridgehead atoms. The van der Waals surface area contributed by atoms with E-state index in [1.807, 2.05) is 60.7 Å². The SMILES string of the molecule is CCN(CC)c1ccc(C(=O)N/N=C\C=C\c2ccccc2)cc1. The Hall–Kier alpha value is -2.88. The Morgan fingerprint density at radius 3 is 2.33 bits per heavy atom. The monoisotopic (exact) mass is 321 g/mol. The summed E-state index contributed by atoms with van der Waals surface area (Å²) in [6, 6.07) is 17.5. The summed E-state index contributed by atoms with van der Waals surface area (Å²) in [4.78, 5) is 14.3. The lowest BCUT2D eigenvalue weighted by atomic mass is 10.2. The molecule has 0 saturated carbocycles. The van der Waals surface area contributed by atoms with Gasteiger partial charge in [0.15, 0.2) is 0 Å². The fourth-order valence-electron chi connectivity index (χ4n) is 2.33. The number of hydrogen-bond acceptors (Lipinski definition) is 3. The Bertz CT molecular complexity index is 687. The zero-order valence-electron chi connectivity index (χ0n) is 14.1. The van der Waals surface area contributed by atoms with Crippen molar-refractivity contribution in [1.82, 2.24) is 5.43 Å². The van der Waals surface area contributed by atoms with Crippen molar-refractivity contribution in [3.8, 4) is 0 Å². The number of allylic oxidation sites excluding steroid dienone is 1. The molecule has 24 heavy (non-hydrogen) atoms. The van der Waals surface area contributed by atoms with Gasteiger partial charge in [0, 0.05) is 30.6 Å². The molecule has 4 heteroatoms. The van der Waals surface area contributed by atoms with Gasteiger partial charge in [-0.1, -0.05) is 36.4 Å². The van der Waals surface area contributed by atoms with Crippen LogP contribution in [0.2, 0.25) is 0 Å². The van der Waals surface area contributed by atoms with Gasteiger partial charge in [-0.25, -0.2) is 5.43 Å². The number of hydrogen-bond donors (Lipinski definition) is 1. The lowest BCUT2D eigenvalue weighted by Crippen LogP contribution is -2.22. The zero-order chi connectivity index (χ0) is 17.2. The van der Waals surface area contributed by atoms with E-state index in [0.717, 1.165) is 24.3 Å². The molecule has 1 amide bonds. The van der Waals surface area contributed by atoms with Gasteiger partial charge in [-0.05, 0) is 49.8 Å². The highest BCUT2D eigenvalue weighted by Crippen LogP contribution is 2.14. The first-order valence-electron chi connectivity index (χ1n) is 8.14. The van der Waals surface area contributed by atoms with E-state index in [-0.39, 0.29) is 5.91 Å². The largest absolute Gasteiger partial charge is 0.372 e. The first kappa shape index (κ1) is 17.5. The molecule has 0 aliphatic carbocycles. The predicted octanol–water partition coefficient (Wildman–Crippen LogP) is 3.96. The number of hydrazone groups is 1. The molecule has 0 aliphatic heterocycles. The lowest BCUT2D eigenvalue weighted by Gasteiger charge is -2.20. The fraction of sp³-hybridized carbons (Fsp3) is 0.200. The summed E-state index contributed by atoms with van der Waals surface area (Å²) in [6.45, 7) is 6.11. The molecule has 0 spiro atoms. The maximum Gasteiger partial charge on any atom is 0.271 e. The van der Waals surface area contributed by atoms with Crippen molar-refractivity contribution in [2.24, 2.45) is 5.10 Å². The normalized spacial score (nSPS) is 11.1. The molecule has 0 aliphatic rings. The molecule has 0 radical (unpaired) electrons. The summed E-state index contributed by atoms with van der Waals surface area (Å²) in [6.07, 6.45) is 5.28.